The summed E-state index contributed by atoms with van der Waals surface area (Å²) in [7, 11) is 0. The van der Waals surface area contributed by atoms with Crippen molar-refractivity contribution in [2.75, 3.05) is 4.90 Å². The van der Waals surface area contributed by atoms with Gasteiger partial charge in [0.2, 0.25) is 0 Å². The van der Waals surface area contributed by atoms with Crippen LogP contribution >= 0.6 is 0 Å². The van der Waals surface area contributed by atoms with Gasteiger partial charge in [-0.15, -0.1) is 0 Å². The molecule has 0 spiro atoms. The number of amidine groups is 1. The summed E-state index contributed by atoms with van der Waals surface area (Å²) in [5.74, 6) is 0.0311. The van der Waals surface area contributed by atoms with Gasteiger partial charge in [0, 0.05) is 28.9 Å². The molecule has 4 aromatic carbocycles. The van der Waals surface area contributed by atoms with Crippen molar-refractivity contribution in [1.29, 1.82) is 0 Å². The third-order valence-electron chi connectivity index (χ3n) is 5.40. The van der Waals surface area contributed by atoms with Crippen molar-refractivity contribution in [2.24, 2.45) is 4.99 Å². The van der Waals surface area contributed by atoms with Crippen molar-refractivity contribution in [3.8, 4) is 0 Å². The van der Waals surface area contributed by atoms with E-state index in [0.29, 0.717) is 12.4 Å². The van der Waals surface area contributed by atoms with Crippen LogP contribution in [0.5, 0.6) is 0 Å². The van der Waals surface area contributed by atoms with E-state index < -0.39 is 10.8 Å². The summed E-state index contributed by atoms with van der Waals surface area (Å²) < 4.78 is 0. The Morgan fingerprint density at radius 2 is 1.65 bits per heavy atom. The van der Waals surface area contributed by atoms with Gasteiger partial charge in [0.25, 0.3) is 11.6 Å². The number of amides is 1. The van der Waals surface area contributed by atoms with E-state index in [1.54, 1.807) is 6.07 Å². The Morgan fingerprint density at radius 1 is 0.871 bits per heavy atom. The van der Waals surface area contributed by atoms with Gasteiger partial charge in [0.05, 0.1) is 11.5 Å². The maximum absolute atomic E-state index is 12.9. The normalized spacial score (nSPS) is 14.1. The van der Waals surface area contributed by atoms with E-state index in [1.165, 1.54) is 18.2 Å². The topological polar surface area (TPSA) is 75.8 Å². The lowest BCUT2D eigenvalue weighted by Gasteiger charge is -2.20. The molecule has 0 aromatic heterocycles. The van der Waals surface area contributed by atoms with Gasteiger partial charge in [0.1, 0.15) is 5.84 Å². The van der Waals surface area contributed by atoms with Gasteiger partial charge in [-0.2, -0.15) is 4.99 Å². The molecular formula is C25H17N3O3. The van der Waals surface area contributed by atoms with Crippen molar-refractivity contribution in [3.63, 3.8) is 0 Å². The molecule has 5 rings (SSSR count). The smallest absolute Gasteiger partial charge is 0.279 e. The number of hydrogen-bond acceptors (Lipinski definition) is 3. The Morgan fingerprint density at radius 3 is 2.48 bits per heavy atom. The van der Waals surface area contributed by atoms with Crippen LogP contribution in [0.4, 0.5) is 11.4 Å². The van der Waals surface area contributed by atoms with Crippen LogP contribution in [0.15, 0.2) is 96.0 Å². The molecule has 0 radical (unpaired) electrons. The fraction of sp³-hybridized carbons (Fsp3) is 0.0400. The molecule has 0 fully saturated rings. The molecule has 0 saturated carbocycles. The van der Waals surface area contributed by atoms with Crippen LogP contribution < -0.4 is 4.90 Å². The second-order valence-corrected chi connectivity index (χ2v) is 7.32. The second-order valence-electron chi connectivity index (χ2n) is 7.32. The zero-order valence-electron chi connectivity index (χ0n) is 16.4. The maximum Gasteiger partial charge on any atom is 0.279 e. The lowest BCUT2D eigenvalue weighted by molar-refractivity contribution is -0.384. The monoisotopic (exact) mass is 407 g/mol. The van der Waals surface area contributed by atoms with Crippen molar-refractivity contribution in [1.82, 2.24) is 0 Å². The van der Waals surface area contributed by atoms with Gasteiger partial charge in [-0.05, 0) is 34.5 Å². The molecule has 0 N–H and O–H groups in total. The minimum atomic E-state index is -0.518. The molecule has 31 heavy (non-hydrogen) atoms. The summed E-state index contributed by atoms with van der Waals surface area (Å²) >= 11 is 0. The highest BCUT2D eigenvalue weighted by atomic mass is 16.6. The quantitative estimate of drug-likeness (QED) is 0.339. The fourth-order valence-corrected chi connectivity index (χ4v) is 3.86. The summed E-state index contributed by atoms with van der Waals surface area (Å²) in [5.41, 5.74) is 2.94. The number of aliphatic imine (C=N–C) groups is 1. The third-order valence-corrected chi connectivity index (χ3v) is 5.40. The van der Waals surface area contributed by atoms with E-state index in [4.69, 9.17) is 0 Å². The number of anilines is 1. The predicted octanol–water partition coefficient (Wildman–Crippen LogP) is 5.36. The Kier molecular flexibility index (Phi) is 4.52. The molecule has 0 atom stereocenters. The molecule has 1 aliphatic heterocycles. The number of carbonyl (C=O) groups is 1. The summed E-state index contributed by atoms with van der Waals surface area (Å²) in [6.07, 6.45) is 0. The minimum absolute atomic E-state index is 0.135. The van der Waals surface area contributed by atoms with Crippen molar-refractivity contribution in [2.45, 2.75) is 6.54 Å². The van der Waals surface area contributed by atoms with E-state index in [0.717, 1.165) is 27.6 Å². The molecule has 0 aliphatic carbocycles. The number of fused-ring (bicyclic) bond motifs is 2. The number of benzene rings is 4. The Balaban J connectivity index is 1.59. The van der Waals surface area contributed by atoms with E-state index >= 15 is 0 Å². The van der Waals surface area contributed by atoms with Crippen molar-refractivity contribution >= 4 is 33.9 Å². The summed E-state index contributed by atoms with van der Waals surface area (Å²) in [6, 6.07) is 27.7. The lowest BCUT2D eigenvalue weighted by atomic mass is 10.1. The molecule has 6 heteroatoms. The zero-order valence-corrected chi connectivity index (χ0v) is 16.4. The number of nitro groups is 1. The van der Waals surface area contributed by atoms with Gasteiger partial charge in [0.15, 0.2) is 0 Å². The standard InChI is InChI=1S/C25H17N3O3/c29-25(19-9-5-10-22(15-19)28(30)31)26-24-23-11-4-3-8-20(23)16-27(24)21-13-12-17-6-1-2-7-18(17)14-21/h1-15H,16H2. The average molecular weight is 407 g/mol. The highest BCUT2D eigenvalue weighted by Crippen LogP contribution is 2.31. The number of non-ortho nitro benzene ring substituents is 1. The molecule has 0 unspecified atom stereocenters. The highest BCUT2D eigenvalue weighted by Gasteiger charge is 2.27. The highest BCUT2D eigenvalue weighted by molar-refractivity contribution is 6.19. The zero-order chi connectivity index (χ0) is 21.4. The molecule has 1 amide bonds. The Labute approximate surface area is 178 Å². The van der Waals surface area contributed by atoms with Crippen LogP contribution in [0, 0.1) is 10.1 Å². The Hall–Kier alpha value is -4.32. The molecule has 0 saturated heterocycles. The first-order chi connectivity index (χ1) is 15.1. The first kappa shape index (κ1) is 18.7. The molecule has 6 nitrogen and oxygen atoms in total. The molecule has 150 valence electrons. The van der Waals surface area contributed by atoms with Gasteiger partial charge in [-0.25, -0.2) is 0 Å². The molecule has 0 bridgehead atoms. The average Bonchev–Trinajstić information content (AvgIpc) is 3.17. The van der Waals surface area contributed by atoms with E-state index in [2.05, 4.69) is 17.1 Å². The summed E-state index contributed by atoms with van der Waals surface area (Å²) in [5, 5.41) is 13.3. The SMILES string of the molecule is O=C(N=C1c2ccccc2CN1c1ccc2ccccc2c1)c1cccc([N+](=O)[O-])c1. The number of rotatable bonds is 3. The number of hydrogen-bond donors (Lipinski definition) is 0. The lowest BCUT2D eigenvalue weighted by Crippen LogP contribution is -2.25. The van der Waals surface area contributed by atoms with Crippen LogP contribution in [0.3, 0.4) is 0 Å². The van der Waals surface area contributed by atoms with E-state index in [9.17, 15) is 14.9 Å². The summed E-state index contributed by atoms with van der Waals surface area (Å²) in [6.45, 7) is 0.593. The molecule has 4 aromatic rings. The minimum Gasteiger partial charge on any atom is -0.321 e. The van der Waals surface area contributed by atoms with Gasteiger partial charge in [-0.3, -0.25) is 14.9 Å². The molecular weight excluding hydrogens is 390 g/mol. The third kappa shape index (κ3) is 3.44. The fourth-order valence-electron chi connectivity index (χ4n) is 3.86. The van der Waals surface area contributed by atoms with Crippen molar-refractivity contribution < 1.29 is 9.72 Å². The number of nitrogens with zero attached hydrogens (tertiary/aromatic N) is 3. The van der Waals surface area contributed by atoms with Gasteiger partial charge < -0.3 is 4.90 Å². The Bertz CT molecular complexity index is 1380. The van der Waals surface area contributed by atoms with Crippen LogP contribution in [-0.2, 0) is 6.54 Å². The second kappa shape index (κ2) is 7.50. The maximum atomic E-state index is 12.9. The van der Waals surface area contributed by atoms with E-state index in [-0.39, 0.29) is 11.3 Å². The van der Waals surface area contributed by atoms with Crippen molar-refractivity contribution in [3.05, 3.63) is 118 Å². The molecule has 1 aliphatic rings. The first-order valence-electron chi connectivity index (χ1n) is 9.82. The van der Waals surface area contributed by atoms with Crippen LogP contribution in [0.25, 0.3) is 10.8 Å². The van der Waals surface area contributed by atoms with Gasteiger partial charge in [-0.1, -0.05) is 60.7 Å². The number of carbonyl (C=O) groups excluding carboxylic acids is 1. The number of nitro benzene ring substituents is 1. The van der Waals surface area contributed by atoms with Crippen LogP contribution in [-0.4, -0.2) is 16.7 Å². The largest absolute Gasteiger partial charge is 0.321 e. The van der Waals surface area contributed by atoms with Crippen LogP contribution in [0.2, 0.25) is 0 Å². The predicted molar refractivity (Wildman–Crippen MR) is 121 cm³/mol. The first-order valence-corrected chi connectivity index (χ1v) is 9.82. The molecule has 1 heterocycles. The van der Waals surface area contributed by atoms with Crippen LogP contribution in [0.1, 0.15) is 21.5 Å². The summed E-state index contributed by atoms with van der Waals surface area (Å²) in [4.78, 5) is 29.9. The van der Waals surface area contributed by atoms with Gasteiger partial charge >= 0.3 is 0 Å². The van der Waals surface area contributed by atoms with E-state index in [1.807, 2.05) is 59.5 Å².